The number of rotatable bonds is 1. The Bertz CT molecular complexity index is 402. The maximum absolute atomic E-state index is 3.46. The first kappa shape index (κ1) is 10.3. The molecule has 1 spiro atoms. The van der Waals surface area contributed by atoms with Crippen molar-refractivity contribution in [2.24, 2.45) is 0 Å². The number of fused-ring (bicyclic) bond motifs is 2. The first-order valence-electron chi connectivity index (χ1n) is 6.55. The summed E-state index contributed by atoms with van der Waals surface area (Å²) in [5, 5.41) is 3.46. The summed E-state index contributed by atoms with van der Waals surface area (Å²) in [6, 6.07) is 7.19. The molecule has 1 heterocycles. The van der Waals surface area contributed by atoms with Crippen molar-refractivity contribution in [1.29, 1.82) is 0 Å². The number of benzene rings is 1. The molecule has 1 aliphatic heterocycles. The van der Waals surface area contributed by atoms with Crippen molar-refractivity contribution in [3.8, 4) is 0 Å². The Morgan fingerprint density at radius 1 is 1.25 bits per heavy atom. The molecule has 1 aromatic rings. The van der Waals surface area contributed by atoms with Crippen molar-refractivity contribution < 1.29 is 0 Å². The third kappa shape index (κ3) is 1.41. The summed E-state index contributed by atoms with van der Waals surface area (Å²) in [5.74, 6) is 0.650. The van der Waals surface area contributed by atoms with Crippen LogP contribution < -0.4 is 5.32 Å². The molecule has 0 radical (unpaired) electrons. The van der Waals surface area contributed by atoms with Crippen LogP contribution in [0, 0.1) is 0 Å². The molecule has 86 valence electrons. The van der Waals surface area contributed by atoms with Crippen LogP contribution in [-0.2, 0) is 11.8 Å². The molecule has 1 saturated heterocycles. The molecule has 1 aromatic carbocycles. The van der Waals surface area contributed by atoms with Gasteiger partial charge in [-0.25, -0.2) is 0 Å². The molecule has 0 unspecified atom stereocenters. The van der Waals surface area contributed by atoms with Crippen LogP contribution in [-0.4, -0.2) is 13.1 Å². The van der Waals surface area contributed by atoms with Crippen LogP contribution in [0.5, 0.6) is 0 Å². The van der Waals surface area contributed by atoms with E-state index < -0.39 is 0 Å². The highest BCUT2D eigenvalue weighted by molar-refractivity contribution is 5.43. The fraction of sp³-hybridized carbons (Fsp3) is 0.600. The van der Waals surface area contributed by atoms with Crippen LogP contribution in [0.4, 0.5) is 0 Å². The van der Waals surface area contributed by atoms with Crippen molar-refractivity contribution in [2.45, 2.75) is 44.4 Å². The third-order valence-corrected chi connectivity index (χ3v) is 4.40. The Hall–Kier alpha value is -0.820. The topological polar surface area (TPSA) is 12.0 Å². The average molecular weight is 215 g/mol. The summed E-state index contributed by atoms with van der Waals surface area (Å²) >= 11 is 0. The van der Waals surface area contributed by atoms with Crippen LogP contribution >= 0.6 is 0 Å². The normalized spacial score (nSPS) is 21.9. The van der Waals surface area contributed by atoms with E-state index in [-0.39, 0.29) is 0 Å². The van der Waals surface area contributed by atoms with Gasteiger partial charge in [0.25, 0.3) is 0 Å². The molecule has 0 atom stereocenters. The van der Waals surface area contributed by atoms with Crippen LogP contribution in [0.3, 0.4) is 0 Å². The molecule has 1 N–H and O–H groups in total. The van der Waals surface area contributed by atoms with Crippen molar-refractivity contribution in [3.05, 3.63) is 34.9 Å². The fourth-order valence-corrected chi connectivity index (χ4v) is 3.21. The molecule has 1 heteroatoms. The Kier molecular flexibility index (Phi) is 2.32. The van der Waals surface area contributed by atoms with Gasteiger partial charge in [-0.05, 0) is 41.9 Å². The van der Waals surface area contributed by atoms with Gasteiger partial charge in [0, 0.05) is 18.5 Å². The summed E-state index contributed by atoms with van der Waals surface area (Å²) in [6.07, 6.45) is 4.04. The molecule has 0 bridgehead atoms. The van der Waals surface area contributed by atoms with Gasteiger partial charge in [0.15, 0.2) is 0 Å². The van der Waals surface area contributed by atoms with E-state index in [1.807, 2.05) is 0 Å². The Balaban J connectivity index is 2.07. The standard InChI is InChI=1S/C15H21N/c1-11(2)13-6-5-12-4-3-7-15(9-16-10-15)14(12)8-13/h5-6,8,11,16H,3-4,7,9-10H2,1-2H3. The smallest absolute Gasteiger partial charge is 0.0205 e. The lowest BCUT2D eigenvalue weighted by Crippen LogP contribution is -2.58. The molecule has 1 aliphatic carbocycles. The summed E-state index contributed by atoms with van der Waals surface area (Å²) in [6.45, 7) is 6.97. The molecule has 16 heavy (non-hydrogen) atoms. The first-order chi connectivity index (χ1) is 7.71. The average Bonchev–Trinajstić information content (AvgIpc) is 2.25. The zero-order valence-corrected chi connectivity index (χ0v) is 10.3. The molecule has 3 rings (SSSR count). The van der Waals surface area contributed by atoms with Gasteiger partial charge in [0.05, 0.1) is 0 Å². The lowest BCUT2D eigenvalue weighted by molar-refractivity contribution is 0.239. The minimum atomic E-state index is 0.498. The zero-order valence-electron chi connectivity index (χ0n) is 10.3. The Labute approximate surface area is 98.3 Å². The lowest BCUT2D eigenvalue weighted by Gasteiger charge is -2.47. The predicted molar refractivity (Wildman–Crippen MR) is 68.0 cm³/mol. The van der Waals surface area contributed by atoms with E-state index in [4.69, 9.17) is 0 Å². The van der Waals surface area contributed by atoms with Crippen LogP contribution in [0.1, 0.15) is 49.3 Å². The van der Waals surface area contributed by atoms with E-state index in [1.165, 1.54) is 37.9 Å². The molecule has 1 fully saturated rings. The SMILES string of the molecule is CC(C)c1ccc2c(c1)C1(CCC2)CNC1. The van der Waals surface area contributed by atoms with Crippen LogP contribution in [0.2, 0.25) is 0 Å². The largest absolute Gasteiger partial charge is 0.315 e. The van der Waals surface area contributed by atoms with Crippen molar-refractivity contribution in [1.82, 2.24) is 5.32 Å². The number of hydrogen-bond donors (Lipinski definition) is 1. The number of nitrogens with one attached hydrogen (secondary N) is 1. The quantitative estimate of drug-likeness (QED) is 0.759. The van der Waals surface area contributed by atoms with Gasteiger partial charge in [-0.3, -0.25) is 0 Å². The number of aryl methyl sites for hydroxylation is 1. The van der Waals surface area contributed by atoms with E-state index >= 15 is 0 Å². The van der Waals surface area contributed by atoms with Gasteiger partial charge in [0.1, 0.15) is 0 Å². The summed E-state index contributed by atoms with van der Waals surface area (Å²) in [4.78, 5) is 0. The second-order valence-corrected chi connectivity index (χ2v) is 5.81. The Morgan fingerprint density at radius 2 is 2.06 bits per heavy atom. The number of hydrogen-bond acceptors (Lipinski definition) is 1. The van der Waals surface area contributed by atoms with E-state index in [9.17, 15) is 0 Å². The lowest BCUT2D eigenvalue weighted by atomic mass is 9.66. The summed E-state index contributed by atoms with van der Waals surface area (Å²) in [5.41, 5.74) is 5.27. The van der Waals surface area contributed by atoms with E-state index in [1.54, 1.807) is 11.1 Å². The highest BCUT2D eigenvalue weighted by atomic mass is 15.0. The van der Waals surface area contributed by atoms with Crippen LogP contribution in [0.25, 0.3) is 0 Å². The zero-order chi connectivity index (χ0) is 11.2. The van der Waals surface area contributed by atoms with E-state index in [2.05, 4.69) is 37.4 Å². The fourth-order valence-electron chi connectivity index (χ4n) is 3.21. The first-order valence-corrected chi connectivity index (χ1v) is 6.55. The minimum Gasteiger partial charge on any atom is -0.315 e. The van der Waals surface area contributed by atoms with E-state index in [0.29, 0.717) is 11.3 Å². The minimum absolute atomic E-state index is 0.498. The van der Waals surface area contributed by atoms with Gasteiger partial charge < -0.3 is 5.32 Å². The van der Waals surface area contributed by atoms with Crippen molar-refractivity contribution >= 4 is 0 Å². The highest BCUT2D eigenvalue weighted by Gasteiger charge is 2.41. The van der Waals surface area contributed by atoms with Gasteiger partial charge >= 0.3 is 0 Å². The summed E-state index contributed by atoms with van der Waals surface area (Å²) < 4.78 is 0. The Morgan fingerprint density at radius 3 is 2.69 bits per heavy atom. The molecule has 0 aromatic heterocycles. The van der Waals surface area contributed by atoms with Gasteiger partial charge in [0.2, 0.25) is 0 Å². The molecule has 0 amide bonds. The maximum Gasteiger partial charge on any atom is 0.0205 e. The van der Waals surface area contributed by atoms with Crippen LogP contribution in [0.15, 0.2) is 18.2 Å². The van der Waals surface area contributed by atoms with Crippen molar-refractivity contribution in [3.63, 3.8) is 0 Å². The van der Waals surface area contributed by atoms with Gasteiger partial charge in [-0.2, -0.15) is 0 Å². The third-order valence-electron chi connectivity index (χ3n) is 4.40. The van der Waals surface area contributed by atoms with E-state index in [0.717, 1.165) is 0 Å². The molecule has 2 aliphatic rings. The molecule has 1 nitrogen and oxygen atoms in total. The maximum atomic E-state index is 3.46. The monoisotopic (exact) mass is 215 g/mol. The van der Waals surface area contributed by atoms with Crippen molar-refractivity contribution in [2.75, 3.05) is 13.1 Å². The molecule has 0 saturated carbocycles. The predicted octanol–water partition coefficient (Wildman–Crippen LogP) is 2.99. The molecular weight excluding hydrogens is 194 g/mol. The molecular formula is C15H21N. The second kappa shape index (κ2) is 3.59. The summed E-state index contributed by atoms with van der Waals surface area (Å²) in [7, 11) is 0. The van der Waals surface area contributed by atoms with Gasteiger partial charge in [-0.15, -0.1) is 0 Å². The second-order valence-electron chi connectivity index (χ2n) is 5.81. The van der Waals surface area contributed by atoms with Gasteiger partial charge in [-0.1, -0.05) is 32.0 Å². The highest BCUT2D eigenvalue weighted by Crippen LogP contribution is 2.41.